The molecule has 112 valence electrons. The highest BCUT2D eigenvalue weighted by Gasteiger charge is 2.35. The molecular weight excluding hydrogens is 306 g/mol. The molecule has 2 N–H and O–H groups in total. The Bertz CT molecular complexity index is 580. The first-order valence-electron chi connectivity index (χ1n) is 5.82. The van der Waals surface area contributed by atoms with Crippen LogP contribution in [-0.2, 0) is 10.0 Å². The Labute approximate surface area is 123 Å². The van der Waals surface area contributed by atoms with Crippen LogP contribution in [0.15, 0.2) is 29.2 Å². The fraction of sp³-hybridized carbons (Fsp3) is 0.455. The van der Waals surface area contributed by atoms with Crippen molar-refractivity contribution in [1.29, 1.82) is 0 Å². The molecule has 0 aromatic heterocycles. The Balaban J connectivity index is 0.00000200. The van der Waals surface area contributed by atoms with Crippen molar-refractivity contribution in [2.75, 3.05) is 13.1 Å². The molecule has 1 saturated heterocycles. The molecule has 7 nitrogen and oxygen atoms in total. The predicted molar refractivity (Wildman–Crippen MR) is 76.2 cm³/mol. The van der Waals surface area contributed by atoms with Crippen molar-refractivity contribution in [2.45, 2.75) is 17.9 Å². The van der Waals surface area contributed by atoms with Gasteiger partial charge in [-0.2, -0.15) is 4.31 Å². The molecule has 1 aromatic carbocycles. The Morgan fingerprint density at radius 1 is 1.30 bits per heavy atom. The van der Waals surface area contributed by atoms with Crippen molar-refractivity contribution in [3.8, 4) is 0 Å². The van der Waals surface area contributed by atoms with E-state index in [1.54, 1.807) is 0 Å². The fourth-order valence-corrected chi connectivity index (χ4v) is 3.61. The van der Waals surface area contributed by atoms with E-state index in [1.807, 2.05) is 6.92 Å². The van der Waals surface area contributed by atoms with Crippen LogP contribution in [0.2, 0.25) is 0 Å². The molecule has 1 aliphatic heterocycles. The number of non-ortho nitro benzene ring substituents is 1. The van der Waals surface area contributed by atoms with Gasteiger partial charge >= 0.3 is 0 Å². The molecule has 1 heterocycles. The van der Waals surface area contributed by atoms with Crippen LogP contribution in [-0.4, -0.2) is 36.8 Å². The summed E-state index contributed by atoms with van der Waals surface area (Å²) in [6.45, 7) is 2.55. The van der Waals surface area contributed by atoms with Gasteiger partial charge in [-0.3, -0.25) is 10.1 Å². The van der Waals surface area contributed by atoms with Gasteiger partial charge in [0.15, 0.2) is 0 Å². The molecule has 1 aliphatic rings. The van der Waals surface area contributed by atoms with Gasteiger partial charge < -0.3 is 5.73 Å². The van der Waals surface area contributed by atoms with Crippen LogP contribution in [0.5, 0.6) is 0 Å². The van der Waals surface area contributed by atoms with Crippen LogP contribution in [0.3, 0.4) is 0 Å². The standard InChI is InChI=1S/C11H15N3O4S.ClH/c1-8-6-13(7-11(8)12)19(17,18)10-4-2-9(3-5-10)14(15)16;/h2-5,8,11H,6-7,12H2,1H3;1H. The SMILES string of the molecule is CC1CN(S(=O)(=O)c2ccc([N+](=O)[O-])cc2)CC1N.Cl. The van der Waals surface area contributed by atoms with Crippen LogP contribution in [0.25, 0.3) is 0 Å². The smallest absolute Gasteiger partial charge is 0.269 e. The second-order valence-electron chi connectivity index (χ2n) is 4.71. The summed E-state index contributed by atoms with van der Waals surface area (Å²) in [4.78, 5) is 10.0. The zero-order chi connectivity index (χ0) is 14.2. The monoisotopic (exact) mass is 321 g/mol. The molecule has 0 saturated carbocycles. The van der Waals surface area contributed by atoms with E-state index >= 15 is 0 Å². The number of nitrogens with two attached hydrogens (primary N) is 1. The summed E-state index contributed by atoms with van der Waals surface area (Å²) >= 11 is 0. The Morgan fingerprint density at radius 3 is 2.25 bits per heavy atom. The maximum atomic E-state index is 12.3. The summed E-state index contributed by atoms with van der Waals surface area (Å²) in [5, 5.41) is 10.5. The van der Waals surface area contributed by atoms with Crippen molar-refractivity contribution in [3.63, 3.8) is 0 Å². The van der Waals surface area contributed by atoms with Gasteiger partial charge in [0, 0.05) is 31.3 Å². The van der Waals surface area contributed by atoms with Crippen LogP contribution < -0.4 is 5.73 Å². The molecule has 9 heteroatoms. The Morgan fingerprint density at radius 2 is 1.85 bits per heavy atom. The molecule has 0 aliphatic carbocycles. The van der Waals surface area contributed by atoms with Crippen LogP contribution >= 0.6 is 12.4 Å². The van der Waals surface area contributed by atoms with Crippen molar-refractivity contribution in [2.24, 2.45) is 11.7 Å². The molecule has 1 aromatic rings. The van der Waals surface area contributed by atoms with Crippen molar-refractivity contribution >= 4 is 28.1 Å². The molecular formula is C11H16ClN3O4S. The third kappa shape index (κ3) is 3.09. The van der Waals surface area contributed by atoms with Crippen molar-refractivity contribution < 1.29 is 13.3 Å². The molecule has 0 amide bonds. The lowest BCUT2D eigenvalue weighted by atomic mass is 10.1. The summed E-state index contributed by atoms with van der Waals surface area (Å²) in [6, 6.07) is 4.70. The average molecular weight is 322 g/mol. The van der Waals surface area contributed by atoms with E-state index < -0.39 is 14.9 Å². The topological polar surface area (TPSA) is 107 Å². The lowest BCUT2D eigenvalue weighted by Gasteiger charge is -2.15. The number of sulfonamides is 1. The Hall–Kier alpha value is -1.22. The van der Waals surface area contributed by atoms with E-state index in [0.29, 0.717) is 6.54 Å². The van der Waals surface area contributed by atoms with Crippen LogP contribution in [0.4, 0.5) is 5.69 Å². The maximum absolute atomic E-state index is 12.3. The van der Waals surface area contributed by atoms with Gasteiger partial charge in [0.05, 0.1) is 9.82 Å². The summed E-state index contributed by atoms with van der Waals surface area (Å²) < 4.78 is 25.9. The Kier molecular flexibility index (Phi) is 5.09. The first-order valence-corrected chi connectivity index (χ1v) is 7.26. The number of hydrogen-bond acceptors (Lipinski definition) is 5. The molecule has 2 rings (SSSR count). The molecule has 0 bridgehead atoms. The summed E-state index contributed by atoms with van der Waals surface area (Å²) in [6.07, 6.45) is 0. The predicted octanol–water partition coefficient (Wildman–Crippen LogP) is 0.984. The van der Waals surface area contributed by atoms with E-state index in [0.717, 1.165) is 0 Å². The highest BCUT2D eigenvalue weighted by Crippen LogP contribution is 2.24. The number of halogens is 1. The van der Waals surface area contributed by atoms with Gasteiger partial charge in [0.25, 0.3) is 5.69 Å². The van der Waals surface area contributed by atoms with Crippen LogP contribution in [0.1, 0.15) is 6.92 Å². The lowest BCUT2D eigenvalue weighted by molar-refractivity contribution is -0.384. The quantitative estimate of drug-likeness (QED) is 0.659. The minimum Gasteiger partial charge on any atom is -0.326 e. The zero-order valence-corrected chi connectivity index (χ0v) is 12.4. The summed E-state index contributed by atoms with van der Waals surface area (Å²) in [5.74, 6) is 0.104. The molecule has 0 spiro atoms. The van der Waals surface area contributed by atoms with E-state index in [2.05, 4.69) is 0 Å². The number of nitro groups is 1. The van der Waals surface area contributed by atoms with Gasteiger partial charge in [0.1, 0.15) is 0 Å². The van der Waals surface area contributed by atoms with Gasteiger partial charge in [-0.25, -0.2) is 8.42 Å². The second kappa shape index (κ2) is 6.04. The molecule has 20 heavy (non-hydrogen) atoms. The highest BCUT2D eigenvalue weighted by molar-refractivity contribution is 7.89. The molecule has 1 fully saturated rings. The number of benzene rings is 1. The van der Waals surface area contributed by atoms with E-state index in [4.69, 9.17) is 5.73 Å². The van der Waals surface area contributed by atoms with E-state index in [-0.39, 0.29) is 41.5 Å². The van der Waals surface area contributed by atoms with Crippen molar-refractivity contribution in [1.82, 2.24) is 4.31 Å². The third-order valence-corrected chi connectivity index (χ3v) is 5.17. The third-order valence-electron chi connectivity index (χ3n) is 3.32. The van der Waals surface area contributed by atoms with E-state index in [9.17, 15) is 18.5 Å². The highest BCUT2D eigenvalue weighted by atomic mass is 35.5. The number of nitro benzene ring substituents is 1. The minimum atomic E-state index is -3.62. The lowest BCUT2D eigenvalue weighted by Crippen LogP contribution is -2.32. The van der Waals surface area contributed by atoms with Crippen LogP contribution in [0, 0.1) is 16.0 Å². The average Bonchev–Trinajstić information content (AvgIpc) is 2.70. The zero-order valence-electron chi connectivity index (χ0n) is 10.8. The largest absolute Gasteiger partial charge is 0.326 e. The van der Waals surface area contributed by atoms with Crippen molar-refractivity contribution in [3.05, 3.63) is 34.4 Å². The normalized spacial score (nSPS) is 23.3. The second-order valence-corrected chi connectivity index (χ2v) is 6.65. The summed E-state index contributed by atoms with van der Waals surface area (Å²) in [7, 11) is -3.62. The molecule has 2 atom stereocenters. The van der Waals surface area contributed by atoms with Gasteiger partial charge in [-0.15, -0.1) is 12.4 Å². The molecule has 2 unspecified atom stereocenters. The fourth-order valence-electron chi connectivity index (χ4n) is 2.03. The minimum absolute atomic E-state index is 0. The van der Waals surface area contributed by atoms with E-state index in [1.165, 1.54) is 28.6 Å². The van der Waals surface area contributed by atoms with Gasteiger partial charge in [-0.05, 0) is 18.1 Å². The maximum Gasteiger partial charge on any atom is 0.269 e. The molecule has 0 radical (unpaired) electrons. The number of hydrogen-bond donors (Lipinski definition) is 1. The number of nitrogens with zero attached hydrogens (tertiary/aromatic N) is 2. The van der Waals surface area contributed by atoms with Gasteiger partial charge in [0.2, 0.25) is 10.0 Å². The number of rotatable bonds is 3. The first kappa shape index (κ1) is 16.8. The first-order chi connectivity index (χ1) is 8.82. The van der Waals surface area contributed by atoms with Gasteiger partial charge in [-0.1, -0.05) is 6.92 Å². The summed E-state index contributed by atoms with van der Waals surface area (Å²) in [5.41, 5.74) is 5.68.